The molecule has 1 aromatic heterocycles. The van der Waals surface area contributed by atoms with Crippen molar-refractivity contribution in [3.05, 3.63) is 54.0 Å². The quantitative estimate of drug-likeness (QED) is 0.852. The van der Waals surface area contributed by atoms with Gasteiger partial charge >= 0.3 is 0 Å². The van der Waals surface area contributed by atoms with Gasteiger partial charge in [-0.3, -0.25) is 9.59 Å². The van der Waals surface area contributed by atoms with E-state index in [9.17, 15) is 14.7 Å². The topological polar surface area (TPSA) is 82.8 Å². The third kappa shape index (κ3) is 4.38. The minimum Gasteiger partial charge on any atom is -0.508 e. The Morgan fingerprint density at radius 1 is 1.21 bits per heavy atom. The second kappa shape index (κ2) is 7.68. The lowest BCUT2D eigenvalue weighted by Gasteiger charge is -2.27. The Bertz CT molecular complexity index is 678. The number of carbonyl (C=O) groups is 2. The third-order valence-electron chi connectivity index (χ3n) is 3.70. The minimum atomic E-state index is -0.648. The molecule has 128 valence electrons. The van der Waals surface area contributed by atoms with Crippen LogP contribution in [0, 0.1) is 5.92 Å². The molecule has 0 saturated carbocycles. The fourth-order valence-corrected chi connectivity index (χ4v) is 2.32. The fraction of sp³-hybridized carbons (Fsp3) is 0.333. The number of aromatic hydroxyl groups is 1. The summed E-state index contributed by atoms with van der Waals surface area (Å²) in [7, 11) is 1.68. The largest absolute Gasteiger partial charge is 0.508 e. The van der Waals surface area contributed by atoms with Crippen LogP contribution in [0.4, 0.5) is 0 Å². The first-order valence-corrected chi connectivity index (χ1v) is 7.75. The van der Waals surface area contributed by atoms with E-state index in [-0.39, 0.29) is 23.3 Å². The molecular weight excluding hydrogens is 308 g/mol. The molecule has 0 aliphatic heterocycles. The number of phenols is 1. The molecule has 2 amide bonds. The van der Waals surface area contributed by atoms with Gasteiger partial charge in [-0.15, -0.1) is 0 Å². The Kier molecular flexibility index (Phi) is 5.63. The van der Waals surface area contributed by atoms with E-state index in [1.165, 1.54) is 6.26 Å². The van der Waals surface area contributed by atoms with Gasteiger partial charge in [0.05, 0.1) is 6.26 Å². The van der Waals surface area contributed by atoms with Crippen LogP contribution < -0.4 is 5.32 Å². The second-order valence-corrected chi connectivity index (χ2v) is 6.03. The molecule has 2 rings (SSSR count). The maximum absolute atomic E-state index is 12.7. The molecule has 6 nitrogen and oxygen atoms in total. The second-order valence-electron chi connectivity index (χ2n) is 6.03. The maximum Gasteiger partial charge on any atom is 0.287 e. The molecule has 0 fully saturated rings. The van der Waals surface area contributed by atoms with Crippen LogP contribution in [0.15, 0.2) is 47.1 Å². The predicted molar refractivity (Wildman–Crippen MR) is 89.4 cm³/mol. The van der Waals surface area contributed by atoms with Crippen LogP contribution >= 0.6 is 0 Å². The van der Waals surface area contributed by atoms with Crippen molar-refractivity contribution in [2.75, 3.05) is 7.05 Å². The minimum absolute atomic E-state index is 0.0707. The summed E-state index contributed by atoms with van der Waals surface area (Å²) in [6.45, 7) is 4.14. The zero-order valence-electron chi connectivity index (χ0n) is 14.0. The summed E-state index contributed by atoms with van der Waals surface area (Å²) in [5.74, 6) is -0.310. The summed E-state index contributed by atoms with van der Waals surface area (Å²) in [5, 5.41) is 12.0. The predicted octanol–water partition coefficient (Wildman–Crippen LogP) is 2.40. The summed E-state index contributed by atoms with van der Waals surface area (Å²) in [6.07, 6.45) is 1.41. The first-order chi connectivity index (χ1) is 11.4. The van der Waals surface area contributed by atoms with Crippen LogP contribution in [0.1, 0.15) is 30.0 Å². The van der Waals surface area contributed by atoms with Gasteiger partial charge < -0.3 is 19.7 Å². The molecule has 1 atom stereocenters. The van der Waals surface area contributed by atoms with E-state index in [1.54, 1.807) is 48.3 Å². The Morgan fingerprint density at radius 2 is 1.88 bits per heavy atom. The van der Waals surface area contributed by atoms with Crippen LogP contribution in [-0.2, 0) is 11.3 Å². The van der Waals surface area contributed by atoms with E-state index >= 15 is 0 Å². The number of likely N-dealkylation sites (N-methyl/N-ethyl adjacent to an activating group) is 1. The molecule has 0 bridgehead atoms. The standard InChI is InChI=1S/C18H22N2O4/c1-12(2)16(19-17(22)15-5-4-10-24-15)18(23)20(3)11-13-6-8-14(21)9-7-13/h4-10,12,16,21H,11H2,1-3H3,(H,19,22)/t16-/m0/s1. The zero-order valence-corrected chi connectivity index (χ0v) is 14.0. The Morgan fingerprint density at radius 3 is 2.42 bits per heavy atom. The van der Waals surface area contributed by atoms with Crippen LogP contribution in [0.2, 0.25) is 0 Å². The lowest BCUT2D eigenvalue weighted by Crippen LogP contribution is -2.49. The van der Waals surface area contributed by atoms with Gasteiger partial charge in [-0.1, -0.05) is 26.0 Å². The van der Waals surface area contributed by atoms with Crippen molar-refractivity contribution in [3.8, 4) is 5.75 Å². The van der Waals surface area contributed by atoms with Crippen LogP contribution in [0.3, 0.4) is 0 Å². The van der Waals surface area contributed by atoms with E-state index in [4.69, 9.17) is 4.42 Å². The van der Waals surface area contributed by atoms with Gasteiger partial charge in [-0.2, -0.15) is 0 Å². The Labute approximate surface area is 141 Å². The normalized spacial score (nSPS) is 12.0. The molecule has 0 saturated heterocycles. The van der Waals surface area contributed by atoms with Crippen molar-refractivity contribution in [2.24, 2.45) is 5.92 Å². The molecule has 24 heavy (non-hydrogen) atoms. The van der Waals surface area contributed by atoms with Crippen molar-refractivity contribution in [3.63, 3.8) is 0 Å². The molecule has 0 unspecified atom stereocenters. The SMILES string of the molecule is CC(C)[C@H](NC(=O)c1ccco1)C(=O)N(C)Cc1ccc(O)cc1. The number of rotatable bonds is 6. The summed E-state index contributed by atoms with van der Waals surface area (Å²) in [5.41, 5.74) is 0.892. The van der Waals surface area contributed by atoms with E-state index in [2.05, 4.69) is 5.32 Å². The number of benzene rings is 1. The van der Waals surface area contributed by atoms with Gasteiger partial charge in [0.1, 0.15) is 11.8 Å². The molecule has 0 spiro atoms. The van der Waals surface area contributed by atoms with Crippen molar-refractivity contribution in [2.45, 2.75) is 26.4 Å². The van der Waals surface area contributed by atoms with Gasteiger partial charge in [0.2, 0.25) is 5.91 Å². The summed E-state index contributed by atoms with van der Waals surface area (Å²) >= 11 is 0. The molecule has 1 heterocycles. The average Bonchev–Trinajstić information content (AvgIpc) is 3.08. The smallest absolute Gasteiger partial charge is 0.287 e. The molecular formula is C18H22N2O4. The van der Waals surface area contributed by atoms with Gasteiger partial charge in [0.25, 0.3) is 5.91 Å². The van der Waals surface area contributed by atoms with Gasteiger partial charge in [-0.25, -0.2) is 0 Å². The number of nitrogens with one attached hydrogen (secondary N) is 1. The maximum atomic E-state index is 12.7. The van der Waals surface area contributed by atoms with Crippen molar-refractivity contribution >= 4 is 11.8 Å². The Hall–Kier alpha value is -2.76. The van der Waals surface area contributed by atoms with Gasteiger partial charge in [0.15, 0.2) is 5.76 Å². The summed E-state index contributed by atoms with van der Waals surface area (Å²) in [6, 6.07) is 9.19. The number of hydrogen-bond acceptors (Lipinski definition) is 4. The van der Waals surface area contributed by atoms with Crippen LogP contribution in [0.5, 0.6) is 5.75 Å². The molecule has 0 aliphatic rings. The third-order valence-corrected chi connectivity index (χ3v) is 3.70. The molecule has 0 radical (unpaired) electrons. The first kappa shape index (κ1) is 17.6. The molecule has 0 aliphatic carbocycles. The van der Waals surface area contributed by atoms with Crippen molar-refractivity contribution in [1.82, 2.24) is 10.2 Å². The van der Waals surface area contributed by atoms with E-state index in [0.29, 0.717) is 6.54 Å². The number of carbonyl (C=O) groups excluding carboxylic acids is 2. The molecule has 6 heteroatoms. The highest BCUT2D eigenvalue weighted by atomic mass is 16.3. The number of furan rings is 1. The van der Waals surface area contributed by atoms with Crippen molar-refractivity contribution < 1.29 is 19.1 Å². The molecule has 2 N–H and O–H groups in total. The Balaban J connectivity index is 2.04. The monoisotopic (exact) mass is 330 g/mol. The average molecular weight is 330 g/mol. The lowest BCUT2D eigenvalue weighted by atomic mass is 10.0. The number of nitrogens with zero attached hydrogens (tertiary/aromatic N) is 1. The lowest BCUT2D eigenvalue weighted by molar-refractivity contribution is -0.133. The summed E-state index contributed by atoms with van der Waals surface area (Å²) in [4.78, 5) is 26.4. The number of hydrogen-bond donors (Lipinski definition) is 2. The van der Waals surface area contributed by atoms with E-state index in [1.807, 2.05) is 13.8 Å². The zero-order chi connectivity index (χ0) is 17.7. The van der Waals surface area contributed by atoms with Crippen molar-refractivity contribution in [1.29, 1.82) is 0 Å². The van der Waals surface area contributed by atoms with Gasteiger partial charge in [-0.05, 0) is 35.7 Å². The molecule has 2 aromatic rings. The van der Waals surface area contributed by atoms with Crippen LogP contribution in [0.25, 0.3) is 0 Å². The highest BCUT2D eigenvalue weighted by Crippen LogP contribution is 2.13. The first-order valence-electron chi connectivity index (χ1n) is 7.75. The summed E-state index contributed by atoms with van der Waals surface area (Å²) < 4.78 is 5.06. The van der Waals surface area contributed by atoms with Crippen LogP contribution in [-0.4, -0.2) is 34.9 Å². The number of amides is 2. The highest BCUT2D eigenvalue weighted by molar-refractivity contribution is 5.95. The van der Waals surface area contributed by atoms with Gasteiger partial charge in [0, 0.05) is 13.6 Å². The highest BCUT2D eigenvalue weighted by Gasteiger charge is 2.28. The number of phenolic OH excluding ortho intramolecular Hbond substituents is 1. The van der Waals surface area contributed by atoms with E-state index in [0.717, 1.165) is 5.56 Å². The fourth-order valence-electron chi connectivity index (χ4n) is 2.32. The van der Waals surface area contributed by atoms with E-state index < -0.39 is 11.9 Å². The molecule has 1 aromatic carbocycles.